The van der Waals surface area contributed by atoms with Crippen molar-refractivity contribution in [2.45, 2.75) is 114 Å². The van der Waals surface area contributed by atoms with Gasteiger partial charge in [-0.1, -0.05) is 218 Å². The third-order valence-corrected chi connectivity index (χ3v) is 19.7. The topological polar surface area (TPSA) is 158 Å². The summed E-state index contributed by atoms with van der Waals surface area (Å²) in [4.78, 5) is 67.6. The molecule has 0 fully saturated rings. The summed E-state index contributed by atoms with van der Waals surface area (Å²) in [5.74, 6) is -1.65. The summed E-state index contributed by atoms with van der Waals surface area (Å²) < 4.78 is 137. The van der Waals surface area contributed by atoms with E-state index in [1.54, 1.807) is 99.6 Å². The van der Waals surface area contributed by atoms with Crippen LogP contribution >= 0.6 is 0 Å². The standard InChI is InChI=1S/C82H70F6O10S/c1-50-14-31-65(49-70(50)75(93)59-12-11-13-69(48-59)99(94,95)96)78(7,8)77(5,6)61-34-25-56(26-35-61)72(90)52-19-21-54(22-20-52)74(92)58-29-42-66(43-30-58)97-67-44-38-63(39-45-67)80(81(83,84)85,82(86,87)88)64-40-46-68(47-41-64)98-79(9,10)62-36-27-57(28-37-62)73(91)53-17-15-51(16-18-53)71(89)55-23-32-60(33-24-55)76(2,3)4/h11-49H,1-10H3,(H,94,95,96). The Morgan fingerprint density at radius 2 is 0.657 bits per heavy atom. The molecule has 17 heteroatoms. The van der Waals surface area contributed by atoms with Gasteiger partial charge in [-0.3, -0.25) is 28.5 Å². The van der Waals surface area contributed by atoms with Gasteiger partial charge in [-0.05, 0) is 143 Å². The lowest BCUT2D eigenvalue weighted by molar-refractivity contribution is -0.288. The first kappa shape index (κ1) is 71.4. The van der Waals surface area contributed by atoms with Gasteiger partial charge in [0.05, 0.1) is 4.90 Å². The van der Waals surface area contributed by atoms with Crippen molar-refractivity contribution in [3.63, 3.8) is 0 Å². The average molecular weight is 1360 g/mol. The van der Waals surface area contributed by atoms with E-state index in [-0.39, 0.29) is 56.7 Å². The maximum atomic E-state index is 15.3. The predicted octanol–water partition coefficient (Wildman–Crippen LogP) is 19.5. The summed E-state index contributed by atoms with van der Waals surface area (Å²) in [5, 5.41) is 0. The highest BCUT2D eigenvalue weighted by atomic mass is 32.2. The van der Waals surface area contributed by atoms with Crippen molar-refractivity contribution in [1.82, 2.24) is 0 Å². The maximum absolute atomic E-state index is 15.3. The van der Waals surface area contributed by atoms with Crippen molar-refractivity contribution < 1.29 is 72.8 Å². The first-order chi connectivity index (χ1) is 46.3. The lowest BCUT2D eigenvalue weighted by Gasteiger charge is -2.43. The molecule has 0 saturated heterocycles. The van der Waals surface area contributed by atoms with Crippen LogP contribution in [0.1, 0.15) is 181 Å². The molecule has 0 radical (unpaired) electrons. The summed E-state index contributed by atoms with van der Waals surface area (Å²) in [6.07, 6.45) is -11.8. The van der Waals surface area contributed by atoms with Crippen LogP contribution in [0.3, 0.4) is 0 Å². The first-order valence-electron chi connectivity index (χ1n) is 31.6. The molecule has 0 heterocycles. The summed E-state index contributed by atoms with van der Waals surface area (Å²) in [6, 6.07) is 56.8. The minimum Gasteiger partial charge on any atom is -0.483 e. The Hall–Kier alpha value is -10.4. The molecule has 10 aromatic rings. The summed E-state index contributed by atoms with van der Waals surface area (Å²) in [5.41, 5.74) is -1.95. The van der Waals surface area contributed by atoms with E-state index in [0.717, 1.165) is 59.2 Å². The molecule has 10 nitrogen and oxygen atoms in total. The molecule has 0 atom stereocenters. The zero-order valence-corrected chi connectivity index (χ0v) is 56.6. The Labute approximate surface area is 571 Å². The quantitative estimate of drug-likeness (QED) is 0.0417. The first-order valence-corrected chi connectivity index (χ1v) is 33.0. The fraction of sp³-hybridized carbons (Fsp3) is 0.207. The Balaban J connectivity index is 0.760. The van der Waals surface area contributed by atoms with Crippen molar-refractivity contribution >= 4 is 39.0 Å². The van der Waals surface area contributed by atoms with E-state index >= 15 is 26.3 Å². The van der Waals surface area contributed by atoms with Crippen LogP contribution in [0.25, 0.3) is 0 Å². The normalized spacial score (nSPS) is 12.6. The summed E-state index contributed by atoms with van der Waals surface area (Å²) in [6.45, 7) is 19.5. The van der Waals surface area contributed by atoms with E-state index in [4.69, 9.17) is 9.47 Å². The highest BCUT2D eigenvalue weighted by Crippen LogP contribution is 2.57. The van der Waals surface area contributed by atoms with E-state index in [1.165, 1.54) is 66.7 Å². The molecule has 10 aromatic carbocycles. The second-order valence-electron chi connectivity index (χ2n) is 27.1. The molecule has 0 bridgehead atoms. The largest absolute Gasteiger partial charge is 0.483 e. The van der Waals surface area contributed by atoms with Gasteiger partial charge in [-0.25, -0.2) is 0 Å². The SMILES string of the molecule is Cc1ccc(C(C)(C)C(C)(C)c2ccc(C(=O)c3ccc(C(=O)c4ccc(Oc5ccc(C(c6ccc(OC(C)(C)c7ccc(C(=O)c8ccc(C(=O)c9ccc(C(C)(C)C)cc9)cc8)cc7)cc6)(C(F)(F)F)C(F)(F)F)cc5)cc4)cc3)cc2)cc1C(=O)c1cccc(S(=O)(=O)O)c1. The Morgan fingerprint density at radius 1 is 0.343 bits per heavy atom. The predicted molar refractivity (Wildman–Crippen MR) is 368 cm³/mol. The molecular weight excluding hydrogens is 1290 g/mol. The van der Waals surface area contributed by atoms with Gasteiger partial charge < -0.3 is 9.47 Å². The van der Waals surface area contributed by atoms with Gasteiger partial charge in [0.25, 0.3) is 10.1 Å². The van der Waals surface area contributed by atoms with Crippen molar-refractivity contribution in [3.8, 4) is 17.2 Å². The monoisotopic (exact) mass is 1360 g/mol. The molecule has 99 heavy (non-hydrogen) atoms. The number of alkyl halides is 6. The summed E-state index contributed by atoms with van der Waals surface area (Å²) >= 11 is 0. The van der Waals surface area contributed by atoms with E-state index in [1.807, 2.05) is 64.1 Å². The summed E-state index contributed by atoms with van der Waals surface area (Å²) in [7, 11) is -4.54. The number of hydrogen-bond donors (Lipinski definition) is 1. The molecule has 0 spiro atoms. The molecular formula is C82H70F6O10S. The van der Waals surface area contributed by atoms with Crippen LogP contribution in [0, 0.1) is 6.92 Å². The fourth-order valence-electron chi connectivity index (χ4n) is 12.0. The smallest absolute Gasteiger partial charge is 0.411 e. The van der Waals surface area contributed by atoms with Gasteiger partial charge in [-0.15, -0.1) is 0 Å². The zero-order chi connectivity index (χ0) is 72.0. The Kier molecular flexibility index (Phi) is 19.3. The fourth-order valence-corrected chi connectivity index (χ4v) is 12.5. The van der Waals surface area contributed by atoms with Crippen LogP contribution < -0.4 is 9.47 Å². The molecule has 0 aliphatic carbocycles. The molecule has 0 saturated carbocycles. The molecule has 10 rings (SSSR count). The van der Waals surface area contributed by atoms with E-state index in [2.05, 4.69) is 20.8 Å². The second-order valence-corrected chi connectivity index (χ2v) is 28.5. The molecule has 0 amide bonds. The Morgan fingerprint density at radius 3 is 1.03 bits per heavy atom. The lowest BCUT2D eigenvalue weighted by Crippen LogP contribution is -2.54. The van der Waals surface area contributed by atoms with Crippen molar-refractivity contribution in [2.75, 3.05) is 0 Å². The van der Waals surface area contributed by atoms with Gasteiger partial charge >= 0.3 is 12.4 Å². The van der Waals surface area contributed by atoms with Gasteiger partial charge in [0.2, 0.25) is 5.41 Å². The third kappa shape index (κ3) is 14.5. The number of rotatable bonds is 21. The van der Waals surface area contributed by atoms with Crippen LogP contribution in [0.5, 0.6) is 17.2 Å². The average Bonchev–Trinajstić information content (AvgIpc) is 0.640. The lowest BCUT2D eigenvalue weighted by atomic mass is 9.60. The highest BCUT2D eigenvalue weighted by molar-refractivity contribution is 7.85. The second kappa shape index (κ2) is 26.8. The zero-order valence-electron chi connectivity index (χ0n) is 55.8. The van der Waals surface area contributed by atoms with E-state index in [0.29, 0.717) is 62.2 Å². The molecule has 0 unspecified atom stereocenters. The number of carbonyl (C=O) groups is 5. The van der Waals surface area contributed by atoms with Crippen molar-refractivity contribution in [3.05, 3.63) is 331 Å². The minimum absolute atomic E-state index is 0.0324. The highest BCUT2D eigenvalue weighted by Gasteiger charge is 2.72. The third-order valence-electron chi connectivity index (χ3n) is 18.9. The number of ketones is 5. The number of aryl methyl sites for hydroxylation is 1. The van der Waals surface area contributed by atoms with Gasteiger partial charge in [0, 0.05) is 55.6 Å². The van der Waals surface area contributed by atoms with Crippen LogP contribution in [0.2, 0.25) is 0 Å². The van der Waals surface area contributed by atoms with E-state index < -0.39 is 71.9 Å². The van der Waals surface area contributed by atoms with Gasteiger partial charge in [-0.2, -0.15) is 34.8 Å². The maximum Gasteiger partial charge on any atom is 0.411 e. The van der Waals surface area contributed by atoms with Crippen molar-refractivity contribution in [1.29, 1.82) is 0 Å². The van der Waals surface area contributed by atoms with Gasteiger partial charge in [0.1, 0.15) is 22.8 Å². The number of halogens is 6. The molecule has 1 N–H and O–H groups in total. The number of ether oxygens (including phenoxy) is 2. The molecule has 506 valence electrons. The van der Waals surface area contributed by atoms with Gasteiger partial charge in [0.15, 0.2) is 28.9 Å². The van der Waals surface area contributed by atoms with Crippen LogP contribution in [-0.4, -0.2) is 54.2 Å². The molecule has 0 aliphatic rings. The van der Waals surface area contributed by atoms with Crippen LogP contribution in [-0.2, 0) is 37.4 Å². The molecule has 0 aliphatic heterocycles. The minimum atomic E-state index is -5.89. The van der Waals surface area contributed by atoms with Crippen LogP contribution in [0.4, 0.5) is 26.3 Å². The molecule has 0 aromatic heterocycles. The number of carbonyl (C=O) groups excluding carboxylic acids is 5. The number of hydrogen-bond acceptors (Lipinski definition) is 9. The van der Waals surface area contributed by atoms with E-state index in [9.17, 15) is 36.9 Å². The number of benzene rings is 10. The van der Waals surface area contributed by atoms with Crippen LogP contribution in [0.15, 0.2) is 241 Å². The van der Waals surface area contributed by atoms with Crippen molar-refractivity contribution in [2.24, 2.45) is 0 Å². The Bertz CT molecular complexity index is 4800.